The molecule has 1 heterocycles. The van der Waals surface area contributed by atoms with Gasteiger partial charge in [0.05, 0.1) is 18.3 Å². The van der Waals surface area contributed by atoms with Crippen LogP contribution in [-0.2, 0) is 4.74 Å². The predicted molar refractivity (Wildman–Crippen MR) is 64.7 cm³/mol. The standard InChI is InChI=1S/C14H16O2/c1-14(11-15)9-10-16-13(14)8-7-12-5-3-2-4-6-12/h2-10,13,15H,11H2,1H3/b8-7+/t13-,14+/m0/s1. The number of rotatable bonds is 3. The zero-order chi connectivity index (χ0) is 11.4. The van der Waals surface area contributed by atoms with Crippen molar-refractivity contribution in [1.29, 1.82) is 0 Å². The van der Waals surface area contributed by atoms with Gasteiger partial charge in [-0.1, -0.05) is 36.4 Å². The minimum absolute atomic E-state index is 0.0855. The van der Waals surface area contributed by atoms with E-state index in [4.69, 9.17) is 4.74 Å². The van der Waals surface area contributed by atoms with Crippen LogP contribution in [0.2, 0.25) is 0 Å². The minimum atomic E-state index is -0.300. The molecule has 84 valence electrons. The van der Waals surface area contributed by atoms with Crippen molar-refractivity contribution in [2.75, 3.05) is 6.61 Å². The highest BCUT2D eigenvalue weighted by atomic mass is 16.5. The monoisotopic (exact) mass is 216 g/mol. The van der Waals surface area contributed by atoms with Crippen LogP contribution >= 0.6 is 0 Å². The van der Waals surface area contributed by atoms with Gasteiger partial charge in [0.25, 0.3) is 0 Å². The van der Waals surface area contributed by atoms with E-state index in [0.717, 1.165) is 5.56 Å². The number of hydrogen-bond donors (Lipinski definition) is 1. The maximum atomic E-state index is 9.33. The molecule has 0 amide bonds. The lowest BCUT2D eigenvalue weighted by Crippen LogP contribution is -2.29. The number of aliphatic hydroxyl groups excluding tert-OH is 1. The molecule has 1 aromatic carbocycles. The first kappa shape index (κ1) is 11.0. The molecule has 0 saturated heterocycles. The van der Waals surface area contributed by atoms with E-state index in [2.05, 4.69) is 0 Å². The van der Waals surface area contributed by atoms with Crippen molar-refractivity contribution in [2.45, 2.75) is 13.0 Å². The van der Waals surface area contributed by atoms with Crippen LogP contribution in [0.3, 0.4) is 0 Å². The van der Waals surface area contributed by atoms with Crippen LogP contribution in [0.15, 0.2) is 48.7 Å². The maximum Gasteiger partial charge on any atom is 0.127 e. The van der Waals surface area contributed by atoms with Crippen molar-refractivity contribution in [3.05, 3.63) is 54.3 Å². The Morgan fingerprint density at radius 2 is 2.12 bits per heavy atom. The molecule has 0 aromatic heterocycles. The summed E-state index contributed by atoms with van der Waals surface area (Å²) in [5, 5.41) is 9.33. The predicted octanol–water partition coefficient (Wildman–Crippen LogP) is 2.61. The van der Waals surface area contributed by atoms with Crippen molar-refractivity contribution in [3.63, 3.8) is 0 Å². The Balaban J connectivity index is 2.09. The third-order valence-corrected chi connectivity index (χ3v) is 2.93. The Kier molecular flexibility index (Phi) is 3.11. The molecular formula is C14H16O2. The van der Waals surface area contributed by atoms with Crippen LogP contribution < -0.4 is 0 Å². The largest absolute Gasteiger partial charge is 0.493 e. The average Bonchev–Trinajstić information content (AvgIpc) is 2.70. The highest BCUT2D eigenvalue weighted by Crippen LogP contribution is 2.32. The van der Waals surface area contributed by atoms with Gasteiger partial charge in [0.15, 0.2) is 0 Å². The Labute approximate surface area is 95.9 Å². The van der Waals surface area contributed by atoms with E-state index in [1.165, 1.54) is 0 Å². The molecule has 2 nitrogen and oxygen atoms in total. The van der Waals surface area contributed by atoms with Gasteiger partial charge >= 0.3 is 0 Å². The third kappa shape index (κ3) is 2.17. The topological polar surface area (TPSA) is 29.5 Å². The number of benzene rings is 1. The van der Waals surface area contributed by atoms with Gasteiger partial charge in [0, 0.05) is 0 Å². The molecule has 0 radical (unpaired) electrons. The fraction of sp³-hybridized carbons (Fsp3) is 0.286. The molecule has 2 atom stereocenters. The van der Waals surface area contributed by atoms with E-state index in [1.807, 2.05) is 55.5 Å². The van der Waals surface area contributed by atoms with Crippen LogP contribution in [0.4, 0.5) is 0 Å². The van der Waals surface area contributed by atoms with Gasteiger partial charge in [0.2, 0.25) is 0 Å². The van der Waals surface area contributed by atoms with Gasteiger partial charge in [-0.05, 0) is 24.6 Å². The molecule has 2 heteroatoms. The normalized spacial score (nSPS) is 28.5. The molecule has 1 aromatic rings. The van der Waals surface area contributed by atoms with Crippen molar-refractivity contribution in [3.8, 4) is 0 Å². The van der Waals surface area contributed by atoms with E-state index in [-0.39, 0.29) is 18.1 Å². The molecule has 0 fully saturated rings. The quantitative estimate of drug-likeness (QED) is 0.841. The van der Waals surface area contributed by atoms with E-state index < -0.39 is 0 Å². The van der Waals surface area contributed by atoms with Crippen LogP contribution in [0.5, 0.6) is 0 Å². The Morgan fingerprint density at radius 1 is 1.38 bits per heavy atom. The smallest absolute Gasteiger partial charge is 0.127 e. The lowest BCUT2D eigenvalue weighted by Gasteiger charge is -2.24. The van der Waals surface area contributed by atoms with E-state index in [1.54, 1.807) is 6.26 Å². The number of aliphatic hydroxyl groups is 1. The Morgan fingerprint density at radius 3 is 2.81 bits per heavy atom. The summed E-state index contributed by atoms with van der Waals surface area (Å²) in [4.78, 5) is 0. The summed E-state index contributed by atoms with van der Waals surface area (Å²) in [5.74, 6) is 0. The summed E-state index contributed by atoms with van der Waals surface area (Å²) in [6.45, 7) is 2.07. The summed E-state index contributed by atoms with van der Waals surface area (Å²) in [6.07, 6.45) is 7.50. The number of ether oxygens (including phenoxy) is 1. The number of hydrogen-bond acceptors (Lipinski definition) is 2. The summed E-state index contributed by atoms with van der Waals surface area (Å²) in [5.41, 5.74) is 0.837. The Bertz CT molecular complexity index is 394. The first-order chi connectivity index (χ1) is 7.74. The summed E-state index contributed by atoms with van der Waals surface area (Å²) < 4.78 is 5.45. The lowest BCUT2D eigenvalue weighted by atomic mass is 9.86. The third-order valence-electron chi connectivity index (χ3n) is 2.93. The van der Waals surface area contributed by atoms with E-state index in [0.29, 0.717) is 0 Å². The summed E-state index contributed by atoms with van der Waals surface area (Å²) >= 11 is 0. The highest BCUT2D eigenvalue weighted by molar-refractivity contribution is 5.49. The maximum absolute atomic E-state index is 9.33. The summed E-state index contributed by atoms with van der Waals surface area (Å²) in [7, 11) is 0. The van der Waals surface area contributed by atoms with Crippen molar-refractivity contribution in [1.82, 2.24) is 0 Å². The SMILES string of the molecule is C[C@]1(CO)C=CO[C@H]1/C=C/c1ccccc1. The molecular weight excluding hydrogens is 200 g/mol. The van der Waals surface area contributed by atoms with Crippen LogP contribution in [-0.4, -0.2) is 17.8 Å². The highest BCUT2D eigenvalue weighted by Gasteiger charge is 2.34. The van der Waals surface area contributed by atoms with Gasteiger partial charge in [-0.2, -0.15) is 0 Å². The van der Waals surface area contributed by atoms with Crippen molar-refractivity contribution in [2.24, 2.45) is 5.41 Å². The molecule has 0 bridgehead atoms. The molecule has 1 N–H and O–H groups in total. The molecule has 16 heavy (non-hydrogen) atoms. The lowest BCUT2D eigenvalue weighted by molar-refractivity contribution is 0.0770. The van der Waals surface area contributed by atoms with Gasteiger partial charge in [0.1, 0.15) is 6.10 Å². The van der Waals surface area contributed by atoms with Crippen LogP contribution in [0, 0.1) is 5.41 Å². The van der Waals surface area contributed by atoms with Crippen molar-refractivity contribution < 1.29 is 9.84 Å². The minimum Gasteiger partial charge on any atom is -0.493 e. The second-order valence-electron chi connectivity index (χ2n) is 4.29. The zero-order valence-electron chi connectivity index (χ0n) is 9.34. The summed E-state index contributed by atoms with van der Waals surface area (Å²) in [6, 6.07) is 10.1. The second-order valence-corrected chi connectivity index (χ2v) is 4.29. The fourth-order valence-corrected chi connectivity index (χ4v) is 1.70. The first-order valence-electron chi connectivity index (χ1n) is 5.42. The van der Waals surface area contributed by atoms with E-state index >= 15 is 0 Å². The molecule has 0 aliphatic carbocycles. The van der Waals surface area contributed by atoms with Crippen LogP contribution in [0.25, 0.3) is 6.08 Å². The molecule has 1 aliphatic heterocycles. The molecule has 0 saturated carbocycles. The average molecular weight is 216 g/mol. The van der Waals surface area contributed by atoms with Crippen LogP contribution in [0.1, 0.15) is 12.5 Å². The second kappa shape index (κ2) is 4.54. The van der Waals surface area contributed by atoms with Crippen molar-refractivity contribution >= 4 is 6.08 Å². The molecule has 0 unspecified atom stereocenters. The first-order valence-corrected chi connectivity index (χ1v) is 5.42. The fourth-order valence-electron chi connectivity index (χ4n) is 1.70. The zero-order valence-corrected chi connectivity index (χ0v) is 9.34. The van der Waals surface area contributed by atoms with Gasteiger partial charge in [-0.3, -0.25) is 0 Å². The van der Waals surface area contributed by atoms with E-state index in [9.17, 15) is 5.11 Å². The molecule has 0 spiro atoms. The molecule has 2 rings (SSSR count). The molecule has 1 aliphatic rings. The Hall–Kier alpha value is -1.54. The van der Waals surface area contributed by atoms with Gasteiger partial charge < -0.3 is 9.84 Å². The van der Waals surface area contributed by atoms with Gasteiger partial charge in [-0.15, -0.1) is 0 Å². The van der Waals surface area contributed by atoms with Gasteiger partial charge in [-0.25, -0.2) is 0 Å².